The number of anilines is 1. The van der Waals surface area contributed by atoms with Gasteiger partial charge in [0.1, 0.15) is 0 Å². The lowest BCUT2D eigenvalue weighted by molar-refractivity contribution is 0.103. The van der Waals surface area contributed by atoms with E-state index in [9.17, 15) is 9.59 Å². The molecule has 0 unspecified atom stereocenters. The minimum Gasteiger partial charge on any atom is -0.321 e. The first-order valence-corrected chi connectivity index (χ1v) is 12.1. The number of amides is 1. The summed E-state index contributed by atoms with van der Waals surface area (Å²) in [6.07, 6.45) is 1.73. The molecule has 0 spiro atoms. The van der Waals surface area contributed by atoms with E-state index in [4.69, 9.17) is 0 Å². The van der Waals surface area contributed by atoms with Crippen LogP contribution in [0.5, 0.6) is 0 Å². The molecule has 6 nitrogen and oxygen atoms in total. The third-order valence-electron chi connectivity index (χ3n) is 4.07. The number of rotatable bonds is 5. The molecule has 144 valence electrons. The molecular formula is C19H12N4O2S4. The van der Waals surface area contributed by atoms with Crippen LogP contribution in [-0.2, 0) is 5.75 Å². The molecule has 0 bridgehead atoms. The van der Waals surface area contributed by atoms with Crippen LogP contribution in [0.15, 0.2) is 62.5 Å². The molecular weight excluding hydrogens is 445 g/mol. The van der Waals surface area contributed by atoms with Crippen LogP contribution in [0.2, 0.25) is 0 Å². The lowest BCUT2D eigenvalue weighted by atomic mass is 10.3. The molecule has 5 rings (SSSR count). The Labute approximate surface area is 180 Å². The molecule has 5 aromatic rings. The van der Waals surface area contributed by atoms with Gasteiger partial charge >= 0.3 is 0 Å². The van der Waals surface area contributed by atoms with Gasteiger partial charge in [-0.2, -0.15) is 0 Å². The number of carbonyl (C=O) groups excluding carboxylic acids is 1. The van der Waals surface area contributed by atoms with Crippen molar-refractivity contribution in [2.45, 2.75) is 10.1 Å². The number of nitrogens with one attached hydrogen (secondary N) is 1. The summed E-state index contributed by atoms with van der Waals surface area (Å²) in [4.78, 5) is 34.9. The monoisotopic (exact) mass is 456 g/mol. The zero-order valence-electron chi connectivity index (χ0n) is 14.7. The fourth-order valence-electron chi connectivity index (χ4n) is 2.74. The standard InChI is InChI=1S/C19H12N4O2S4/c24-16-9-12(21-18-23(16)5-7-27-18)10-28-19-22-13-4-3-11(8-15(13)29-19)20-17(25)14-2-1-6-26-14/h1-9H,10H2,(H,20,25). The van der Waals surface area contributed by atoms with Crippen LogP contribution in [0, 0.1) is 0 Å². The van der Waals surface area contributed by atoms with Gasteiger partial charge in [-0.05, 0) is 29.6 Å². The molecule has 0 saturated heterocycles. The maximum atomic E-state index is 12.2. The minimum atomic E-state index is -0.111. The van der Waals surface area contributed by atoms with Gasteiger partial charge in [0.05, 0.1) is 20.8 Å². The quantitative estimate of drug-likeness (QED) is 0.378. The second-order valence-electron chi connectivity index (χ2n) is 6.02. The molecule has 4 heterocycles. The van der Waals surface area contributed by atoms with Crippen molar-refractivity contribution in [3.8, 4) is 0 Å². The summed E-state index contributed by atoms with van der Waals surface area (Å²) in [6, 6.07) is 10.9. The summed E-state index contributed by atoms with van der Waals surface area (Å²) in [6.45, 7) is 0. The van der Waals surface area contributed by atoms with E-state index < -0.39 is 0 Å². The van der Waals surface area contributed by atoms with Crippen LogP contribution >= 0.6 is 45.8 Å². The normalized spacial score (nSPS) is 11.3. The molecule has 1 amide bonds. The maximum Gasteiger partial charge on any atom is 0.265 e. The third-order valence-corrected chi connectivity index (χ3v) is 7.89. The number of thioether (sulfide) groups is 1. The fraction of sp³-hybridized carbons (Fsp3) is 0.0526. The van der Waals surface area contributed by atoms with Crippen LogP contribution in [0.4, 0.5) is 5.69 Å². The summed E-state index contributed by atoms with van der Waals surface area (Å²) < 4.78 is 3.44. The summed E-state index contributed by atoms with van der Waals surface area (Å²) in [5.41, 5.74) is 2.30. The van der Waals surface area contributed by atoms with Crippen LogP contribution in [0.25, 0.3) is 15.2 Å². The molecule has 0 saturated carbocycles. The van der Waals surface area contributed by atoms with E-state index in [1.54, 1.807) is 45.8 Å². The van der Waals surface area contributed by atoms with Gasteiger partial charge in [0, 0.05) is 29.1 Å². The van der Waals surface area contributed by atoms with Crippen molar-refractivity contribution in [2.24, 2.45) is 0 Å². The molecule has 0 aliphatic rings. The number of fused-ring (bicyclic) bond motifs is 2. The number of hydrogen-bond donors (Lipinski definition) is 1. The first-order valence-electron chi connectivity index (χ1n) is 8.50. The molecule has 0 fully saturated rings. The summed E-state index contributed by atoms with van der Waals surface area (Å²) in [7, 11) is 0. The average molecular weight is 457 g/mol. The van der Waals surface area contributed by atoms with Gasteiger partial charge in [0.25, 0.3) is 11.5 Å². The third kappa shape index (κ3) is 3.84. The number of benzene rings is 1. The number of hydrogen-bond acceptors (Lipinski definition) is 8. The zero-order valence-corrected chi connectivity index (χ0v) is 18.0. The fourth-order valence-corrected chi connectivity index (χ4v) is 6.10. The number of aromatic nitrogens is 3. The predicted molar refractivity (Wildman–Crippen MR) is 121 cm³/mol. The maximum absolute atomic E-state index is 12.2. The Balaban J connectivity index is 1.33. The Morgan fingerprint density at radius 2 is 2.07 bits per heavy atom. The number of thiazole rings is 2. The summed E-state index contributed by atoms with van der Waals surface area (Å²) >= 11 is 5.96. The van der Waals surface area contributed by atoms with Gasteiger partial charge < -0.3 is 5.32 Å². The molecule has 1 aromatic carbocycles. The van der Waals surface area contributed by atoms with Crippen molar-refractivity contribution in [1.82, 2.24) is 14.4 Å². The van der Waals surface area contributed by atoms with Crippen molar-refractivity contribution in [1.29, 1.82) is 0 Å². The Morgan fingerprint density at radius 3 is 2.93 bits per heavy atom. The Hall–Kier alpha value is -2.53. The van der Waals surface area contributed by atoms with Gasteiger partial charge in [-0.3, -0.25) is 14.0 Å². The SMILES string of the molecule is O=C(Nc1ccc2nc(SCc3cc(=O)n4ccsc4n3)sc2c1)c1cccs1. The Morgan fingerprint density at radius 1 is 1.14 bits per heavy atom. The van der Waals surface area contributed by atoms with Crippen molar-refractivity contribution in [3.05, 3.63) is 74.3 Å². The van der Waals surface area contributed by atoms with Crippen molar-refractivity contribution >= 4 is 72.5 Å². The highest BCUT2D eigenvalue weighted by molar-refractivity contribution is 8.00. The molecule has 0 aliphatic carbocycles. The molecule has 4 aromatic heterocycles. The second-order valence-corrected chi connectivity index (χ2v) is 10.1. The smallest absolute Gasteiger partial charge is 0.265 e. The topological polar surface area (TPSA) is 76.4 Å². The van der Waals surface area contributed by atoms with E-state index in [0.717, 1.165) is 25.9 Å². The zero-order chi connectivity index (χ0) is 19.8. The highest BCUT2D eigenvalue weighted by atomic mass is 32.2. The van der Waals surface area contributed by atoms with Crippen LogP contribution in [0.3, 0.4) is 0 Å². The van der Waals surface area contributed by atoms with E-state index in [1.807, 2.05) is 35.0 Å². The van der Waals surface area contributed by atoms with Crippen LogP contribution in [0.1, 0.15) is 15.4 Å². The van der Waals surface area contributed by atoms with Crippen LogP contribution < -0.4 is 10.9 Å². The van der Waals surface area contributed by atoms with Crippen molar-refractivity contribution in [2.75, 3.05) is 5.32 Å². The minimum absolute atomic E-state index is 0.0673. The van der Waals surface area contributed by atoms with Gasteiger partial charge in [0.2, 0.25) is 0 Å². The van der Waals surface area contributed by atoms with E-state index in [2.05, 4.69) is 15.3 Å². The van der Waals surface area contributed by atoms with Crippen molar-refractivity contribution < 1.29 is 4.79 Å². The molecule has 1 N–H and O–H groups in total. The summed E-state index contributed by atoms with van der Waals surface area (Å²) in [5.74, 6) is 0.464. The van der Waals surface area contributed by atoms with E-state index in [0.29, 0.717) is 15.6 Å². The molecule has 0 radical (unpaired) electrons. The van der Waals surface area contributed by atoms with E-state index in [-0.39, 0.29) is 11.5 Å². The van der Waals surface area contributed by atoms with E-state index >= 15 is 0 Å². The molecule has 29 heavy (non-hydrogen) atoms. The predicted octanol–water partition coefficient (Wildman–Crippen LogP) is 4.97. The van der Waals surface area contributed by atoms with Crippen LogP contribution in [-0.4, -0.2) is 20.3 Å². The highest BCUT2D eigenvalue weighted by Gasteiger charge is 2.11. The first kappa shape index (κ1) is 18.5. The number of nitrogens with zero attached hydrogens (tertiary/aromatic N) is 3. The van der Waals surface area contributed by atoms with Gasteiger partial charge in [-0.25, -0.2) is 9.97 Å². The average Bonchev–Trinajstić information content (AvgIpc) is 3.45. The van der Waals surface area contributed by atoms with E-state index in [1.165, 1.54) is 22.7 Å². The lowest BCUT2D eigenvalue weighted by Crippen LogP contribution is -2.12. The molecule has 0 aliphatic heterocycles. The van der Waals surface area contributed by atoms with Gasteiger partial charge in [-0.15, -0.1) is 34.0 Å². The van der Waals surface area contributed by atoms with Gasteiger partial charge in [0.15, 0.2) is 9.30 Å². The number of thiophene rings is 1. The first-order chi connectivity index (χ1) is 14.2. The number of carbonyl (C=O) groups is 1. The van der Waals surface area contributed by atoms with Crippen molar-refractivity contribution in [3.63, 3.8) is 0 Å². The largest absolute Gasteiger partial charge is 0.321 e. The second kappa shape index (κ2) is 7.71. The molecule has 0 atom stereocenters. The Kier molecular flexibility index (Phi) is 4.92. The Bertz CT molecular complexity index is 1380. The highest BCUT2D eigenvalue weighted by Crippen LogP contribution is 2.32. The summed E-state index contributed by atoms with van der Waals surface area (Å²) in [5, 5.41) is 6.65. The lowest BCUT2D eigenvalue weighted by Gasteiger charge is -2.02. The molecule has 10 heteroatoms. The van der Waals surface area contributed by atoms with Gasteiger partial charge in [-0.1, -0.05) is 17.8 Å².